The average molecular weight is 317 g/mol. The van der Waals surface area contributed by atoms with E-state index in [1.54, 1.807) is 0 Å². The molecule has 1 unspecified atom stereocenters. The third-order valence-corrected chi connectivity index (χ3v) is 4.63. The van der Waals surface area contributed by atoms with Crippen LogP contribution in [0.5, 0.6) is 0 Å². The van der Waals surface area contributed by atoms with E-state index in [0.29, 0.717) is 12.5 Å². The van der Waals surface area contributed by atoms with Gasteiger partial charge < -0.3 is 15.4 Å². The summed E-state index contributed by atoms with van der Waals surface area (Å²) in [7, 11) is 0. The molecule has 0 aliphatic carbocycles. The van der Waals surface area contributed by atoms with Crippen LogP contribution in [-0.4, -0.2) is 49.7 Å². The van der Waals surface area contributed by atoms with E-state index >= 15 is 0 Å². The van der Waals surface area contributed by atoms with Crippen LogP contribution < -0.4 is 10.6 Å². The van der Waals surface area contributed by atoms with E-state index in [2.05, 4.69) is 27.7 Å². The minimum absolute atomic E-state index is 0.111. The number of nitrogens with zero attached hydrogens (tertiary/aromatic N) is 1. The van der Waals surface area contributed by atoms with Crippen LogP contribution in [0.15, 0.2) is 24.3 Å². The summed E-state index contributed by atoms with van der Waals surface area (Å²) in [5, 5.41) is 6.42. The van der Waals surface area contributed by atoms with Gasteiger partial charge in [0, 0.05) is 37.8 Å². The summed E-state index contributed by atoms with van der Waals surface area (Å²) < 4.78 is 5.37. The number of anilines is 1. The summed E-state index contributed by atoms with van der Waals surface area (Å²) in [4.78, 5) is 14.4. The molecule has 1 atom stereocenters. The van der Waals surface area contributed by atoms with Crippen LogP contribution in [0.3, 0.4) is 0 Å². The van der Waals surface area contributed by atoms with E-state index in [9.17, 15) is 4.79 Å². The number of hydrogen-bond donors (Lipinski definition) is 2. The third kappa shape index (κ3) is 5.30. The summed E-state index contributed by atoms with van der Waals surface area (Å²) in [5.41, 5.74) is 2.17. The van der Waals surface area contributed by atoms with E-state index in [0.717, 1.165) is 51.5 Å². The molecule has 0 saturated carbocycles. The Balaban J connectivity index is 1.42. The zero-order valence-corrected chi connectivity index (χ0v) is 13.7. The minimum atomic E-state index is 0.111. The molecule has 0 aromatic heterocycles. The van der Waals surface area contributed by atoms with Crippen molar-refractivity contribution in [3.8, 4) is 0 Å². The van der Waals surface area contributed by atoms with E-state index in [4.69, 9.17) is 4.74 Å². The Labute approximate surface area is 138 Å². The van der Waals surface area contributed by atoms with Gasteiger partial charge in [-0.15, -0.1) is 0 Å². The summed E-state index contributed by atoms with van der Waals surface area (Å²) in [6, 6.07) is 8.73. The highest BCUT2D eigenvalue weighted by Gasteiger charge is 2.15. The molecule has 0 bridgehead atoms. The number of ether oxygens (including phenoxy) is 1. The van der Waals surface area contributed by atoms with Crippen LogP contribution in [-0.2, 0) is 16.1 Å². The van der Waals surface area contributed by atoms with Gasteiger partial charge in [0.05, 0.1) is 13.2 Å². The van der Waals surface area contributed by atoms with Crippen molar-refractivity contribution in [2.75, 3.05) is 38.2 Å². The number of carbonyl (C=O) groups is 1. The zero-order valence-electron chi connectivity index (χ0n) is 13.7. The molecular weight excluding hydrogens is 290 g/mol. The SMILES string of the molecule is O=C(CCC1CCCN1)Nc1ccc(CN2CCOCC2)cc1. The van der Waals surface area contributed by atoms with Crippen molar-refractivity contribution < 1.29 is 9.53 Å². The molecule has 3 rings (SSSR count). The molecule has 2 saturated heterocycles. The van der Waals surface area contributed by atoms with E-state index in [1.807, 2.05) is 12.1 Å². The first-order valence-electron chi connectivity index (χ1n) is 8.72. The Morgan fingerprint density at radius 1 is 1.26 bits per heavy atom. The number of hydrogen-bond acceptors (Lipinski definition) is 4. The maximum absolute atomic E-state index is 12.0. The lowest BCUT2D eigenvalue weighted by Gasteiger charge is -2.26. The second-order valence-corrected chi connectivity index (χ2v) is 6.47. The highest BCUT2D eigenvalue weighted by molar-refractivity contribution is 5.90. The fraction of sp³-hybridized carbons (Fsp3) is 0.611. The van der Waals surface area contributed by atoms with Crippen molar-refractivity contribution in [1.82, 2.24) is 10.2 Å². The summed E-state index contributed by atoms with van der Waals surface area (Å²) in [6.45, 7) is 5.68. The molecule has 1 aromatic carbocycles. The predicted molar refractivity (Wildman–Crippen MR) is 91.4 cm³/mol. The average Bonchev–Trinajstić information content (AvgIpc) is 3.09. The largest absolute Gasteiger partial charge is 0.379 e. The number of nitrogens with one attached hydrogen (secondary N) is 2. The molecule has 2 heterocycles. The van der Waals surface area contributed by atoms with Crippen molar-refractivity contribution in [1.29, 1.82) is 0 Å². The Kier molecular flexibility index (Phi) is 6.02. The van der Waals surface area contributed by atoms with Crippen molar-refractivity contribution in [2.24, 2.45) is 0 Å². The standard InChI is InChI=1S/C18H27N3O2/c22-18(8-7-16-2-1-9-19-16)20-17-5-3-15(4-6-17)14-21-10-12-23-13-11-21/h3-6,16,19H,1-2,7-14H2,(H,20,22). The lowest BCUT2D eigenvalue weighted by atomic mass is 10.1. The van der Waals surface area contributed by atoms with Crippen molar-refractivity contribution in [3.05, 3.63) is 29.8 Å². The zero-order chi connectivity index (χ0) is 15.9. The van der Waals surface area contributed by atoms with Gasteiger partial charge in [-0.1, -0.05) is 12.1 Å². The molecule has 5 heteroatoms. The second-order valence-electron chi connectivity index (χ2n) is 6.47. The lowest BCUT2D eigenvalue weighted by molar-refractivity contribution is -0.116. The maximum atomic E-state index is 12.0. The monoisotopic (exact) mass is 317 g/mol. The maximum Gasteiger partial charge on any atom is 0.224 e. The fourth-order valence-electron chi connectivity index (χ4n) is 3.24. The highest BCUT2D eigenvalue weighted by Crippen LogP contribution is 2.14. The van der Waals surface area contributed by atoms with Gasteiger partial charge in [-0.05, 0) is 43.5 Å². The van der Waals surface area contributed by atoms with Gasteiger partial charge in [-0.3, -0.25) is 9.69 Å². The molecule has 2 aliphatic heterocycles. The molecule has 23 heavy (non-hydrogen) atoms. The van der Waals surface area contributed by atoms with Crippen LogP contribution in [0, 0.1) is 0 Å². The summed E-state index contributed by atoms with van der Waals surface area (Å²) in [6.07, 6.45) is 3.95. The molecule has 1 aromatic rings. The van der Waals surface area contributed by atoms with E-state index in [-0.39, 0.29) is 5.91 Å². The van der Waals surface area contributed by atoms with Gasteiger partial charge in [0.15, 0.2) is 0 Å². The molecule has 1 amide bonds. The van der Waals surface area contributed by atoms with Crippen molar-refractivity contribution in [3.63, 3.8) is 0 Å². The topological polar surface area (TPSA) is 53.6 Å². The van der Waals surface area contributed by atoms with Gasteiger partial charge in [-0.25, -0.2) is 0 Å². The number of morpholine rings is 1. The molecular formula is C18H27N3O2. The van der Waals surface area contributed by atoms with E-state index < -0.39 is 0 Å². The van der Waals surface area contributed by atoms with Crippen LogP contribution in [0.2, 0.25) is 0 Å². The van der Waals surface area contributed by atoms with Crippen LogP contribution in [0.1, 0.15) is 31.2 Å². The third-order valence-electron chi connectivity index (χ3n) is 4.63. The summed E-state index contributed by atoms with van der Waals surface area (Å²) in [5.74, 6) is 0.111. The number of carbonyl (C=O) groups excluding carboxylic acids is 1. The van der Waals surface area contributed by atoms with Gasteiger partial charge in [0.25, 0.3) is 0 Å². The molecule has 2 N–H and O–H groups in total. The van der Waals surface area contributed by atoms with Gasteiger partial charge in [0.1, 0.15) is 0 Å². The number of benzene rings is 1. The van der Waals surface area contributed by atoms with Crippen molar-refractivity contribution >= 4 is 11.6 Å². The molecule has 2 aliphatic rings. The first-order chi connectivity index (χ1) is 11.3. The number of rotatable bonds is 6. The molecule has 0 spiro atoms. The normalized spacial score (nSPS) is 22.2. The molecule has 2 fully saturated rings. The Morgan fingerprint density at radius 2 is 2.04 bits per heavy atom. The van der Waals surface area contributed by atoms with Crippen LogP contribution in [0.4, 0.5) is 5.69 Å². The Bertz CT molecular complexity index is 491. The van der Waals surface area contributed by atoms with Gasteiger partial charge >= 0.3 is 0 Å². The fourth-order valence-corrected chi connectivity index (χ4v) is 3.24. The highest BCUT2D eigenvalue weighted by atomic mass is 16.5. The second kappa shape index (κ2) is 8.43. The van der Waals surface area contributed by atoms with Gasteiger partial charge in [0.2, 0.25) is 5.91 Å². The van der Waals surface area contributed by atoms with E-state index in [1.165, 1.54) is 18.4 Å². The number of amides is 1. The Morgan fingerprint density at radius 3 is 2.74 bits per heavy atom. The first-order valence-corrected chi connectivity index (χ1v) is 8.72. The van der Waals surface area contributed by atoms with Crippen LogP contribution in [0.25, 0.3) is 0 Å². The molecule has 126 valence electrons. The molecule has 5 nitrogen and oxygen atoms in total. The predicted octanol–water partition coefficient (Wildman–Crippen LogP) is 1.99. The van der Waals surface area contributed by atoms with Crippen LogP contribution >= 0.6 is 0 Å². The van der Waals surface area contributed by atoms with Crippen molar-refractivity contribution in [2.45, 2.75) is 38.3 Å². The minimum Gasteiger partial charge on any atom is -0.379 e. The quantitative estimate of drug-likeness (QED) is 0.842. The Hall–Kier alpha value is -1.43. The summed E-state index contributed by atoms with van der Waals surface area (Å²) >= 11 is 0. The smallest absolute Gasteiger partial charge is 0.224 e. The first kappa shape index (κ1) is 16.4. The van der Waals surface area contributed by atoms with Gasteiger partial charge in [-0.2, -0.15) is 0 Å². The molecule has 0 radical (unpaired) electrons. The lowest BCUT2D eigenvalue weighted by Crippen LogP contribution is -2.35.